The highest BCUT2D eigenvalue weighted by molar-refractivity contribution is 4.72. The zero-order valence-electron chi connectivity index (χ0n) is 11.7. The van der Waals surface area contributed by atoms with Gasteiger partial charge in [0.15, 0.2) is 0 Å². The Balaban J connectivity index is 2.26. The molecule has 0 radical (unpaired) electrons. The first kappa shape index (κ1) is 14.9. The van der Waals surface area contributed by atoms with E-state index in [1.807, 2.05) is 0 Å². The Morgan fingerprint density at radius 1 is 1.29 bits per heavy atom. The maximum Gasteiger partial charge on any atom is 0.0589 e. The molecule has 1 fully saturated rings. The van der Waals surface area contributed by atoms with E-state index in [4.69, 9.17) is 4.74 Å². The number of piperazine rings is 1. The molecule has 17 heavy (non-hydrogen) atoms. The minimum Gasteiger partial charge on any atom is -0.383 e. The van der Waals surface area contributed by atoms with Crippen LogP contribution in [0.3, 0.4) is 0 Å². The summed E-state index contributed by atoms with van der Waals surface area (Å²) < 4.78 is 5.19. The molecule has 0 amide bonds. The zero-order valence-corrected chi connectivity index (χ0v) is 11.7. The molecule has 4 nitrogen and oxygen atoms in total. The Bertz CT molecular complexity index is 184. The predicted octanol–water partition coefficient (Wildman–Crippen LogP) is 0.639. The van der Waals surface area contributed by atoms with Crippen molar-refractivity contribution in [1.29, 1.82) is 0 Å². The van der Waals surface area contributed by atoms with E-state index in [2.05, 4.69) is 29.0 Å². The summed E-state index contributed by atoms with van der Waals surface area (Å²) in [4.78, 5) is 5.10. The van der Waals surface area contributed by atoms with Gasteiger partial charge in [-0.2, -0.15) is 0 Å². The first-order chi connectivity index (χ1) is 8.27. The molecule has 0 spiro atoms. The predicted molar refractivity (Wildman–Crippen MR) is 72.5 cm³/mol. The third-order valence-electron chi connectivity index (χ3n) is 3.71. The lowest BCUT2D eigenvalue weighted by Crippen LogP contribution is -2.47. The van der Waals surface area contributed by atoms with Gasteiger partial charge in [-0.15, -0.1) is 0 Å². The second-order valence-electron chi connectivity index (χ2n) is 4.88. The minimum atomic E-state index is 0.660. The van der Waals surface area contributed by atoms with Crippen molar-refractivity contribution in [1.82, 2.24) is 15.1 Å². The van der Waals surface area contributed by atoms with Gasteiger partial charge in [-0.1, -0.05) is 6.92 Å². The number of nitrogens with one attached hydrogen (secondary N) is 1. The molecule has 1 saturated heterocycles. The van der Waals surface area contributed by atoms with Crippen molar-refractivity contribution in [2.75, 3.05) is 59.5 Å². The zero-order chi connectivity index (χ0) is 12.5. The highest BCUT2D eigenvalue weighted by Gasteiger charge is 2.14. The number of hydrogen-bond donors (Lipinski definition) is 1. The highest BCUT2D eigenvalue weighted by atomic mass is 16.5. The van der Waals surface area contributed by atoms with E-state index in [-0.39, 0.29) is 0 Å². The van der Waals surface area contributed by atoms with Crippen LogP contribution >= 0.6 is 0 Å². The van der Waals surface area contributed by atoms with Gasteiger partial charge in [-0.05, 0) is 13.3 Å². The molecule has 1 rings (SSSR count). The Kier molecular flexibility index (Phi) is 7.77. The molecular weight excluding hydrogens is 214 g/mol. The fourth-order valence-electron chi connectivity index (χ4n) is 2.22. The van der Waals surface area contributed by atoms with E-state index in [0.29, 0.717) is 6.04 Å². The standard InChI is InChI=1S/C13H29N3O/c1-4-13(2)16(11-12-17-3)10-9-15-7-5-14-6-8-15/h13-14H,4-12H2,1-3H3. The second-order valence-corrected chi connectivity index (χ2v) is 4.88. The Labute approximate surface area is 106 Å². The molecule has 102 valence electrons. The molecule has 1 aliphatic heterocycles. The first-order valence-corrected chi connectivity index (χ1v) is 6.94. The first-order valence-electron chi connectivity index (χ1n) is 6.94. The van der Waals surface area contributed by atoms with Crippen LogP contribution in [0.2, 0.25) is 0 Å². The molecule has 0 aromatic heterocycles. The van der Waals surface area contributed by atoms with Crippen LogP contribution < -0.4 is 5.32 Å². The average Bonchev–Trinajstić information content (AvgIpc) is 2.39. The fourth-order valence-corrected chi connectivity index (χ4v) is 2.22. The molecule has 1 atom stereocenters. The Hall–Kier alpha value is -0.160. The molecular formula is C13H29N3O. The highest BCUT2D eigenvalue weighted by Crippen LogP contribution is 2.04. The molecule has 1 heterocycles. The molecule has 1 N–H and O–H groups in total. The van der Waals surface area contributed by atoms with Crippen molar-refractivity contribution < 1.29 is 4.74 Å². The lowest BCUT2D eigenvalue weighted by atomic mass is 10.2. The summed E-state index contributed by atoms with van der Waals surface area (Å²) >= 11 is 0. The summed E-state index contributed by atoms with van der Waals surface area (Å²) in [5.74, 6) is 0. The van der Waals surface area contributed by atoms with E-state index < -0.39 is 0 Å². The van der Waals surface area contributed by atoms with Crippen LogP contribution in [0, 0.1) is 0 Å². The maximum absolute atomic E-state index is 5.19. The van der Waals surface area contributed by atoms with E-state index in [1.54, 1.807) is 7.11 Å². The summed E-state index contributed by atoms with van der Waals surface area (Å²) in [6.45, 7) is 13.5. The van der Waals surface area contributed by atoms with Gasteiger partial charge in [-0.3, -0.25) is 9.80 Å². The van der Waals surface area contributed by atoms with E-state index >= 15 is 0 Å². The second kappa shape index (κ2) is 8.86. The summed E-state index contributed by atoms with van der Waals surface area (Å²) in [5, 5.41) is 3.40. The molecule has 1 aliphatic rings. The van der Waals surface area contributed by atoms with Gasteiger partial charge in [0.25, 0.3) is 0 Å². The van der Waals surface area contributed by atoms with Crippen LogP contribution in [0.15, 0.2) is 0 Å². The van der Waals surface area contributed by atoms with Crippen LogP contribution in [0.5, 0.6) is 0 Å². The Morgan fingerprint density at radius 2 is 2.00 bits per heavy atom. The lowest BCUT2D eigenvalue weighted by Gasteiger charge is -2.33. The quantitative estimate of drug-likeness (QED) is 0.677. The largest absolute Gasteiger partial charge is 0.383 e. The van der Waals surface area contributed by atoms with Gasteiger partial charge in [0.05, 0.1) is 6.61 Å². The molecule has 1 unspecified atom stereocenters. The SMILES string of the molecule is CCC(C)N(CCOC)CCN1CCNCC1. The number of hydrogen-bond acceptors (Lipinski definition) is 4. The topological polar surface area (TPSA) is 27.7 Å². The van der Waals surface area contributed by atoms with Crippen LogP contribution in [-0.2, 0) is 4.74 Å². The van der Waals surface area contributed by atoms with Crippen molar-refractivity contribution in [3.63, 3.8) is 0 Å². The number of rotatable bonds is 8. The van der Waals surface area contributed by atoms with E-state index in [1.165, 1.54) is 32.6 Å². The molecule has 0 aliphatic carbocycles. The number of methoxy groups -OCH3 is 1. The van der Waals surface area contributed by atoms with E-state index in [9.17, 15) is 0 Å². The molecule has 0 aromatic carbocycles. The normalized spacial score (nSPS) is 19.8. The van der Waals surface area contributed by atoms with Gasteiger partial charge in [0.1, 0.15) is 0 Å². The van der Waals surface area contributed by atoms with Gasteiger partial charge >= 0.3 is 0 Å². The van der Waals surface area contributed by atoms with Gasteiger partial charge < -0.3 is 10.1 Å². The van der Waals surface area contributed by atoms with Gasteiger partial charge in [0.2, 0.25) is 0 Å². The van der Waals surface area contributed by atoms with Crippen molar-refractivity contribution in [2.45, 2.75) is 26.3 Å². The van der Waals surface area contributed by atoms with Crippen LogP contribution in [0.1, 0.15) is 20.3 Å². The maximum atomic E-state index is 5.19. The van der Waals surface area contributed by atoms with Crippen molar-refractivity contribution >= 4 is 0 Å². The average molecular weight is 243 g/mol. The van der Waals surface area contributed by atoms with Crippen LogP contribution in [-0.4, -0.2) is 75.4 Å². The summed E-state index contributed by atoms with van der Waals surface area (Å²) in [5.41, 5.74) is 0. The smallest absolute Gasteiger partial charge is 0.0589 e. The minimum absolute atomic E-state index is 0.660. The summed E-state index contributed by atoms with van der Waals surface area (Å²) in [6, 6.07) is 0.660. The van der Waals surface area contributed by atoms with Gasteiger partial charge in [0, 0.05) is 59.0 Å². The van der Waals surface area contributed by atoms with Crippen LogP contribution in [0.4, 0.5) is 0 Å². The lowest BCUT2D eigenvalue weighted by molar-refractivity contribution is 0.108. The van der Waals surface area contributed by atoms with Crippen LogP contribution in [0.25, 0.3) is 0 Å². The molecule has 4 heteroatoms. The monoisotopic (exact) mass is 243 g/mol. The number of ether oxygens (including phenoxy) is 1. The fraction of sp³-hybridized carbons (Fsp3) is 1.00. The summed E-state index contributed by atoms with van der Waals surface area (Å²) in [7, 11) is 1.78. The number of nitrogens with zero attached hydrogens (tertiary/aromatic N) is 2. The van der Waals surface area contributed by atoms with Crippen molar-refractivity contribution in [2.24, 2.45) is 0 Å². The van der Waals surface area contributed by atoms with Crippen molar-refractivity contribution in [3.05, 3.63) is 0 Å². The third-order valence-corrected chi connectivity index (χ3v) is 3.71. The molecule has 0 aromatic rings. The molecule has 0 saturated carbocycles. The van der Waals surface area contributed by atoms with Gasteiger partial charge in [-0.25, -0.2) is 0 Å². The Morgan fingerprint density at radius 3 is 2.59 bits per heavy atom. The third kappa shape index (κ3) is 5.82. The molecule has 0 bridgehead atoms. The van der Waals surface area contributed by atoms with E-state index in [0.717, 1.165) is 26.2 Å². The van der Waals surface area contributed by atoms with Crippen molar-refractivity contribution in [3.8, 4) is 0 Å². The summed E-state index contributed by atoms with van der Waals surface area (Å²) in [6.07, 6.45) is 1.21.